The Morgan fingerprint density at radius 2 is 2.07 bits per heavy atom. The quantitative estimate of drug-likeness (QED) is 0.355. The fourth-order valence-electron chi connectivity index (χ4n) is 3.51. The van der Waals surface area contributed by atoms with Crippen LogP contribution < -0.4 is 11.1 Å². The summed E-state index contributed by atoms with van der Waals surface area (Å²) >= 11 is 0. The van der Waals surface area contributed by atoms with E-state index in [1.165, 1.54) is 11.8 Å². The summed E-state index contributed by atoms with van der Waals surface area (Å²) in [5.74, 6) is 6.02. The Hall–Kier alpha value is -2.81. The van der Waals surface area contributed by atoms with Gasteiger partial charge in [0.2, 0.25) is 0 Å². The van der Waals surface area contributed by atoms with E-state index in [0.717, 1.165) is 49.3 Å². The van der Waals surface area contributed by atoms with Crippen LogP contribution in [0.5, 0.6) is 0 Å². The number of piperidine rings is 1. The second-order valence-electron chi connectivity index (χ2n) is 7.18. The summed E-state index contributed by atoms with van der Waals surface area (Å²) in [5.41, 5.74) is 10.6. The van der Waals surface area contributed by atoms with Gasteiger partial charge in [0.1, 0.15) is 0 Å². The zero-order chi connectivity index (χ0) is 19.8. The van der Waals surface area contributed by atoms with Gasteiger partial charge >= 0.3 is 0 Å². The second-order valence-corrected chi connectivity index (χ2v) is 7.18. The minimum atomic E-state index is 0.105. The largest absolute Gasteiger partial charge is 0.398 e. The molecule has 1 aliphatic heterocycles. The number of benzene rings is 2. The molecule has 1 aliphatic rings. The van der Waals surface area contributed by atoms with Crippen molar-refractivity contribution in [1.29, 1.82) is 5.41 Å². The molecule has 146 valence electrons. The Bertz CT molecular complexity index is 851. The molecule has 5 nitrogen and oxygen atoms in total. The lowest BCUT2D eigenvalue weighted by molar-refractivity contribution is 0.208. The van der Waals surface area contributed by atoms with Gasteiger partial charge in [-0.25, -0.2) is 0 Å². The predicted octanol–water partition coefficient (Wildman–Crippen LogP) is 3.08. The lowest BCUT2D eigenvalue weighted by atomic mass is 10.0. The number of nitrogen functional groups attached to an aromatic ring is 1. The fourth-order valence-corrected chi connectivity index (χ4v) is 3.51. The topological polar surface area (TPSA) is 85.4 Å². The molecule has 5 N–H and O–H groups in total. The Morgan fingerprint density at radius 3 is 2.82 bits per heavy atom. The van der Waals surface area contributed by atoms with Gasteiger partial charge in [0.05, 0.1) is 6.61 Å². The highest BCUT2D eigenvalue weighted by Crippen LogP contribution is 2.21. The highest BCUT2D eigenvalue weighted by atomic mass is 16.2. The van der Waals surface area contributed by atoms with Crippen LogP contribution in [0.3, 0.4) is 0 Å². The van der Waals surface area contributed by atoms with Gasteiger partial charge in [0, 0.05) is 54.3 Å². The molecule has 0 bridgehead atoms. The van der Waals surface area contributed by atoms with Crippen molar-refractivity contribution < 1.29 is 5.11 Å². The van der Waals surface area contributed by atoms with Gasteiger partial charge in [-0.3, -0.25) is 4.90 Å². The van der Waals surface area contributed by atoms with Crippen molar-refractivity contribution in [3.8, 4) is 11.8 Å². The molecule has 1 atom stereocenters. The summed E-state index contributed by atoms with van der Waals surface area (Å²) in [6.07, 6.45) is 4.11. The van der Waals surface area contributed by atoms with Crippen LogP contribution in [0.25, 0.3) is 0 Å². The minimum absolute atomic E-state index is 0.105. The SMILES string of the molecule is N=Cc1cc(NC2CCCN(Cc3ccc(C#CCCO)cc3)C2)ccc1N. The van der Waals surface area contributed by atoms with Crippen molar-refractivity contribution in [2.24, 2.45) is 0 Å². The molecule has 0 spiro atoms. The first-order valence-corrected chi connectivity index (χ1v) is 9.75. The van der Waals surface area contributed by atoms with Gasteiger partial charge in [-0.2, -0.15) is 0 Å². The first-order valence-electron chi connectivity index (χ1n) is 9.75. The van der Waals surface area contributed by atoms with Gasteiger partial charge < -0.3 is 21.6 Å². The molecule has 1 unspecified atom stereocenters. The standard InChI is InChI=1S/C23H28N4O/c24-15-20-14-21(10-11-23(20)25)26-22-5-3-12-27(17-22)16-19-8-6-18(7-9-19)4-1-2-13-28/h6-11,14-15,22,24,26,28H,2-3,5,12-13,16-17,25H2. The van der Waals surface area contributed by atoms with Crippen LogP contribution in [-0.2, 0) is 6.54 Å². The number of rotatable bonds is 6. The van der Waals surface area contributed by atoms with E-state index in [2.05, 4.69) is 34.2 Å². The number of hydrogen-bond donors (Lipinski definition) is 4. The van der Waals surface area contributed by atoms with Gasteiger partial charge in [-0.1, -0.05) is 24.0 Å². The molecule has 0 aliphatic carbocycles. The molecular weight excluding hydrogens is 348 g/mol. The number of hydrogen-bond acceptors (Lipinski definition) is 5. The van der Waals surface area contributed by atoms with E-state index < -0.39 is 0 Å². The van der Waals surface area contributed by atoms with Crippen LogP contribution >= 0.6 is 0 Å². The fraction of sp³-hybridized carbons (Fsp3) is 0.348. The van der Waals surface area contributed by atoms with Crippen LogP contribution in [0.1, 0.15) is 36.0 Å². The van der Waals surface area contributed by atoms with Crippen molar-refractivity contribution >= 4 is 17.6 Å². The number of nitrogens with zero attached hydrogens (tertiary/aromatic N) is 1. The van der Waals surface area contributed by atoms with Crippen molar-refractivity contribution in [3.05, 3.63) is 59.2 Å². The maximum Gasteiger partial charge on any atom is 0.0540 e. The Labute approximate surface area is 167 Å². The summed E-state index contributed by atoms with van der Waals surface area (Å²) < 4.78 is 0. The van der Waals surface area contributed by atoms with Crippen molar-refractivity contribution in [2.45, 2.75) is 31.8 Å². The Morgan fingerprint density at radius 1 is 1.25 bits per heavy atom. The number of aliphatic hydroxyl groups excluding tert-OH is 1. The van der Waals surface area contributed by atoms with Gasteiger partial charge in [0.15, 0.2) is 0 Å². The van der Waals surface area contributed by atoms with E-state index >= 15 is 0 Å². The van der Waals surface area contributed by atoms with E-state index in [4.69, 9.17) is 16.2 Å². The lowest BCUT2D eigenvalue weighted by Gasteiger charge is -2.33. The molecule has 2 aromatic rings. The van der Waals surface area contributed by atoms with Crippen LogP contribution in [0.15, 0.2) is 42.5 Å². The average Bonchev–Trinajstić information content (AvgIpc) is 2.71. The molecule has 28 heavy (non-hydrogen) atoms. The third-order valence-corrected chi connectivity index (χ3v) is 4.95. The molecule has 3 rings (SSSR count). The summed E-state index contributed by atoms with van der Waals surface area (Å²) in [4.78, 5) is 2.47. The second kappa shape index (κ2) is 9.93. The molecule has 1 heterocycles. The van der Waals surface area contributed by atoms with Gasteiger partial charge in [-0.05, 0) is 55.3 Å². The summed E-state index contributed by atoms with van der Waals surface area (Å²) in [7, 11) is 0. The molecule has 1 fully saturated rings. The average molecular weight is 377 g/mol. The Balaban J connectivity index is 1.56. The number of anilines is 2. The summed E-state index contributed by atoms with van der Waals surface area (Å²) in [6, 6.07) is 14.5. The molecule has 5 heteroatoms. The van der Waals surface area contributed by atoms with E-state index in [1.54, 1.807) is 0 Å². The normalized spacial score (nSPS) is 16.8. The number of aliphatic hydroxyl groups is 1. The zero-order valence-electron chi connectivity index (χ0n) is 16.1. The van der Waals surface area contributed by atoms with Gasteiger partial charge in [0.25, 0.3) is 0 Å². The molecular formula is C23H28N4O. The van der Waals surface area contributed by atoms with Crippen molar-refractivity contribution in [1.82, 2.24) is 4.90 Å². The summed E-state index contributed by atoms with van der Waals surface area (Å²) in [5, 5.41) is 19.9. The maximum atomic E-state index is 8.79. The van der Waals surface area contributed by atoms with Crippen LogP contribution in [-0.4, -0.2) is 42.0 Å². The van der Waals surface area contributed by atoms with E-state index in [9.17, 15) is 0 Å². The van der Waals surface area contributed by atoms with Crippen LogP contribution in [0.2, 0.25) is 0 Å². The highest BCUT2D eigenvalue weighted by molar-refractivity contribution is 5.86. The molecule has 0 aromatic heterocycles. The molecule has 0 amide bonds. The van der Waals surface area contributed by atoms with Crippen molar-refractivity contribution in [3.63, 3.8) is 0 Å². The first-order chi connectivity index (χ1) is 13.7. The molecule has 0 radical (unpaired) electrons. The van der Waals surface area contributed by atoms with Crippen LogP contribution in [0, 0.1) is 17.3 Å². The third kappa shape index (κ3) is 5.59. The molecule has 2 aromatic carbocycles. The lowest BCUT2D eigenvalue weighted by Crippen LogP contribution is -2.41. The summed E-state index contributed by atoms with van der Waals surface area (Å²) in [6.45, 7) is 3.12. The molecule has 0 saturated carbocycles. The van der Waals surface area contributed by atoms with Crippen molar-refractivity contribution in [2.75, 3.05) is 30.7 Å². The van der Waals surface area contributed by atoms with E-state index in [-0.39, 0.29) is 6.61 Å². The highest BCUT2D eigenvalue weighted by Gasteiger charge is 2.20. The number of nitrogens with two attached hydrogens (primary N) is 1. The monoisotopic (exact) mass is 376 g/mol. The number of likely N-dealkylation sites (tertiary alicyclic amines) is 1. The predicted molar refractivity (Wildman–Crippen MR) is 116 cm³/mol. The third-order valence-electron chi connectivity index (χ3n) is 4.95. The molecule has 1 saturated heterocycles. The van der Waals surface area contributed by atoms with E-state index in [0.29, 0.717) is 18.2 Å². The van der Waals surface area contributed by atoms with E-state index in [1.807, 2.05) is 30.3 Å². The van der Waals surface area contributed by atoms with Crippen LogP contribution in [0.4, 0.5) is 11.4 Å². The number of nitrogens with one attached hydrogen (secondary N) is 2. The minimum Gasteiger partial charge on any atom is -0.398 e. The maximum absolute atomic E-state index is 8.79. The Kier molecular flexibility index (Phi) is 7.07. The van der Waals surface area contributed by atoms with Gasteiger partial charge in [-0.15, -0.1) is 0 Å². The zero-order valence-corrected chi connectivity index (χ0v) is 16.1. The first kappa shape index (κ1) is 19.9. The smallest absolute Gasteiger partial charge is 0.0540 e.